The van der Waals surface area contributed by atoms with E-state index in [4.69, 9.17) is 14.5 Å². The Balaban J connectivity index is 2.00. The molecule has 0 unspecified atom stereocenters. The Labute approximate surface area is 152 Å². The number of nitrogens with zero attached hydrogens (tertiary/aromatic N) is 2. The molecule has 6 heteroatoms. The number of ether oxygens (including phenoxy) is 2. The fourth-order valence-electron chi connectivity index (χ4n) is 2.99. The van der Waals surface area contributed by atoms with Gasteiger partial charge in [0.2, 0.25) is 0 Å². The molecule has 0 aliphatic heterocycles. The van der Waals surface area contributed by atoms with Gasteiger partial charge in [0.05, 0.1) is 31.2 Å². The molecule has 1 heterocycles. The summed E-state index contributed by atoms with van der Waals surface area (Å²) >= 11 is 0. The number of aromatic nitrogens is 2. The fourth-order valence-corrected chi connectivity index (χ4v) is 2.99. The zero-order valence-electron chi connectivity index (χ0n) is 15.1. The Morgan fingerprint density at radius 3 is 2.58 bits per heavy atom. The highest BCUT2D eigenvalue weighted by Crippen LogP contribution is 2.29. The molecule has 1 atom stereocenters. The van der Waals surface area contributed by atoms with Crippen molar-refractivity contribution < 1.29 is 19.4 Å². The lowest BCUT2D eigenvalue weighted by Gasteiger charge is -2.13. The number of carboxylic acids is 1. The highest BCUT2D eigenvalue weighted by atomic mass is 16.5. The second-order valence-corrected chi connectivity index (χ2v) is 6.23. The molecular formula is C20H22N2O4. The summed E-state index contributed by atoms with van der Waals surface area (Å²) < 4.78 is 12.6. The van der Waals surface area contributed by atoms with E-state index in [0.717, 1.165) is 22.4 Å². The van der Waals surface area contributed by atoms with Gasteiger partial charge in [-0.2, -0.15) is 0 Å². The number of benzene rings is 2. The van der Waals surface area contributed by atoms with Crippen molar-refractivity contribution in [3.63, 3.8) is 0 Å². The quantitative estimate of drug-likeness (QED) is 0.704. The van der Waals surface area contributed by atoms with Crippen LogP contribution in [0.1, 0.15) is 18.3 Å². The summed E-state index contributed by atoms with van der Waals surface area (Å²) in [6.07, 6.45) is 0.571. The zero-order chi connectivity index (χ0) is 18.7. The van der Waals surface area contributed by atoms with Gasteiger partial charge in [-0.25, -0.2) is 4.98 Å². The number of carbonyl (C=O) groups is 1. The van der Waals surface area contributed by atoms with Gasteiger partial charge in [0, 0.05) is 13.0 Å². The largest absolute Gasteiger partial charge is 0.493 e. The van der Waals surface area contributed by atoms with E-state index in [-0.39, 0.29) is 0 Å². The Hall–Kier alpha value is -3.02. The van der Waals surface area contributed by atoms with E-state index in [1.165, 1.54) is 0 Å². The van der Waals surface area contributed by atoms with Crippen molar-refractivity contribution in [2.75, 3.05) is 14.2 Å². The SMILES string of the molecule is COc1ccc(Cc2nc3ccccc3n2C[C@H](C)C(=O)O)cc1OC. The van der Waals surface area contributed by atoms with Gasteiger partial charge in [0.25, 0.3) is 0 Å². The number of carboxylic acid groups (broad SMARTS) is 1. The maximum absolute atomic E-state index is 11.3. The van der Waals surface area contributed by atoms with Crippen LogP contribution in [0.3, 0.4) is 0 Å². The van der Waals surface area contributed by atoms with Gasteiger partial charge < -0.3 is 19.1 Å². The number of rotatable bonds is 7. The number of para-hydroxylation sites is 2. The molecule has 3 aromatic rings. The molecule has 0 bridgehead atoms. The molecule has 0 saturated heterocycles. The molecule has 0 spiro atoms. The molecule has 0 fully saturated rings. The first kappa shape index (κ1) is 17.8. The van der Waals surface area contributed by atoms with Crippen LogP contribution >= 0.6 is 0 Å². The van der Waals surface area contributed by atoms with Crippen molar-refractivity contribution >= 4 is 17.0 Å². The number of imidazole rings is 1. The predicted molar refractivity (Wildman–Crippen MR) is 98.9 cm³/mol. The first-order chi connectivity index (χ1) is 12.5. The third kappa shape index (κ3) is 3.49. The Morgan fingerprint density at radius 2 is 1.88 bits per heavy atom. The normalized spacial score (nSPS) is 12.1. The van der Waals surface area contributed by atoms with Crippen molar-refractivity contribution in [2.45, 2.75) is 19.9 Å². The molecule has 0 aliphatic rings. The van der Waals surface area contributed by atoms with Crippen molar-refractivity contribution in [3.05, 3.63) is 53.9 Å². The number of hydrogen-bond donors (Lipinski definition) is 1. The van der Waals surface area contributed by atoms with E-state index >= 15 is 0 Å². The predicted octanol–water partition coefficient (Wildman–Crippen LogP) is 3.37. The van der Waals surface area contributed by atoms with E-state index in [0.29, 0.717) is 24.5 Å². The average molecular weight is 354 g/mol. The van der Waals surface area contributed by atoms with E-state index < -0.39 is 11.9 Å². The molecule has 0 amide bonds. The van der Waals surface area contributed by atoms with Gasteiger partial charge in [-0.05, 0) is 29.8 Å². The number of fused-ring (bicyclic) bond motifs is 1. The summed E-state index contributed by atoms with van der Waals surface area (Å²) in [5.74, 6) is 0.832. The Kier molecular flexibility index (Phi) is 5.11. The zero-order valence-corrected chi connectivity index (χ0v) is 15.1. The average Bonchev–Trinajstić information content (AvgIpc) is 2.98. The minimum atomic E-state index is -0.820. The summed E-state index contributed by atoms with van der Waals surface area (Å²) in [5, 5.41) is 9.30. The molecule has 26 heavy (non-hydrogen) atoms. The van der Waals surface area contributed by atoms with Gasteiger partial charge in [-0.15, -0.1) is 0 Å². The highest BCUT2D eigenvalue weighted by molar-refractivity contribution is 5.76. The number of aliphatic carboxylic acids is 1. The monoisotopic (exact) mass is 354 g/mol. The first-order valence-corrected chi connectivity index (χ1v) is 8.41. The number of methoxy groups -OCH3 is 2. The third-order valence-electron chi connectivity index (χ3n) is 4.42. The molecular weight excluding hydrogens is 332 g/mol. The molecule has 1 aromatic heterocycles. The summed E-state index contributed by atoms with van der Waals surface area (Å²) in [7, 11) is 3.20. The molecule has 136 valence electrons. The summed E-state index contributed by atoms with van der Waals surface area (Å²) in [4.78, 5) is 16.0. The minimum Gasteiger partial charge on any atom is -0.493 e. The molecule has 3 rings (SSSR count). The first-order valence-electron chi connectivity index (χ1n) is 8.41. The van der Waals surface area contributed by atoms with Crippen molar-refractivity contribution in [3.8, 4) is 11.5 Å². The van der Waals surface area contributed by atoms with Crippen LogP contribution in [-0.2, 0) is 17.8 Å². The van der Waals surface area contributed by atoms with E-state index in [1.807, 2.05) is 47.0 Å². The second-order valence-electron chi connectivity index (χ2n) is 6.23. The lowest BCUT2D eigenvalue weighted by molar-refractivity contribution is -0.141. The third-order valence-corrected chi connectivity index (χ3v) is 4.42. The smallest absolute Gasteiger partial charge is 0.308 e. The van der Waals surface area contributed by atoms with Crippen LogP contribution in [0.4, 0.5) is 0 Å². The van der Waals surface area contributed by atoms with Crippen LogP contribution in [0.5, 0.6) is 11.5 Å². The Bertz CT molecular complexity index is 933. The maximum atomic E-state index is 11.3. The minimum absolute atomic E-state index is 0.373. The molecule has 1 N–H and O–H groups in total. The van der Waals surface area contributed by atoms with Crippen LogP contribution in [0.15, 0.2) is 42.5 Å². The van der Waals surface area contributed by atoms with Crippen molar-refractivity contribution in [1.29, 1.82) is 0 Å². The van der Waals surface area contributed by atoms with Crippen LogP contribution < -0.4 is 9.47 Å². The molecule has 2 aromatic carbocycles. The Morgan fingerprint density at radius 1 is 1.15 bits per heavy atom. The van der Waals surface area contributed by atoms with E-state index in [2.05, 4.69) is 0 Å². The second kappa shape index (κ2) is 7.47. The topological polar surface area (TPSA) is 73.6 Å². The summed E-state index contributed by atoms with van der Waals surface area (Å²) in [6.45, 7) is 2.08. The van der Waals surface area contributed by atoms with Gasteiger partial charge >= 0.3 is 5.97 Å². The lowest BCUT2D eigenvalue weighted by atomic mass is 10.1. The molecule has 0 aliphatic carbocycles. The number of hydrogen-bond acceptors (Lipinski definition) is 4. The van der Waals surface area contributed by atoms with Crippen molar-refractivity contribution in [2.24, 2.45) is 5.92 Å². The molecule has 0 saturated carbocycles. The van der Waals surface area contributed by atoms with Crippen LogP contribution in [0.25, 0.3) is 11.0 Å². The van der Waals surface area contributed by atoms with Crippen LogP contribution in [0.2, 0.25) is 0 Å². The highest BCUT2D eigenvalue weighted by Gasteiger charge is 2.18. The molecule has 0 radical (unpaired) electrons. The van der Waals surface area contributed by atoms with Gasteiger partial charge in [0.1, 0.15) is 5.82 Å². The molecule has 6 nitrogen and oxygen atoms in total. The summed E-state index contributed by atoms with van der Waals surface area (Å²) in [6, 6.07) is 13.5. The summed E-state index contributed by atoms with van der Waals surface area (Å²) in [5.41, 5.74) is 2.82. The van der Waals surface area contributed by atoms with E-state index in [1.54, 1.807) is 21.1 Å². The standard InChI is InChI=1S/C20H22N2O4/c1-13(20(23)24)12-22-16-7-5-4-6-15(16)21-19(22)11-14-8-9-17(25-2)18(10-14)26-3/h4-10,13H,11-12H2,1-3H3,(H,23,24)/t13-/m0/s1. The van der Waals surface area contributed by atoms with Gasteiger partial charge in [-0.1, -0.05) is 25.1 Å². The van der Waals surface area contributed by atoms with E-state index in [9.17, 15) is 9.90 Å². The van der Waals surface area contributed by atoms with Crippen LogP contribution in [0, 0.1) is 5.92 Å². The van der Waals surface area contributed by atoms with Gasteiger partial charge in [-0.3, -0.25) is 4.79 Å². The van der Waals surface area contributed by atoms with Gasteiger partial charge in [0.15, 0.2) is 11.5 Å². The fraction of sp³-hybridized carbons (Fsp3) is 0.300. The maximum Gasteiger partial charge on any atom is 0.308 e. The van der Waals surface area contributed by atoms with Crippen molar-refractivity contribution in [1.82, 2.24) is 9.55 Å². The van der Waals surface area contributed by atoms with Crippen LogP contribution in [-0.4, -0.2) is 34.8 Å². The lowest BCUT2D eigenvalue weighted by Crippen LogP contribution is -2.18.